The Bertz CT molecular complexity index is 814. The largest absolute Gasteiger partial charge is 0.432 e. The number of ether oxygens (including phenoxy) is 1. The van der Waals surface area contributed by atoms with E-state index in [4.69, 9.17) is 0 Å². The van der Waals surface area contributed by atoms with Crippen LogP contribution in [-0.2, 0) is 9.84 Å². The monoisotopic (exact) mass is 421 g/mol. The van der Waals surface area contributed by atoms with Gasteiger partial charge in [-0.15, -0.1) is 0 Å². The fraction of sp³-hybridized carbons (Fsp3) is 0.588. The van der Waals surface area contributed by atoms with Gasteiger partial charge in [0.1, 0.15) is 0 Å². The minimum atomic E-state index is -3.13. The van der Waals surface area contributed by atoms with Crippen LogP contribution in [0.3, 0.4) is 0 Å². The van der Waals surface area contributed by atoms with Gasteiger partial charge >= 0.3 is 12.6 Å². The van der Waals surface area contributed by atoms with Crippen molar-refractivity contribution in [3.63, 3.8) is 0 Å². The van der Waals surface area contributed by atoms with Crippen LogP contribution in [0, 0.1) is 5.82 Å². The van der Waals surface area contributed by atoms with Crippen LogP contribution in [0.4, 0.5) is 23.7 Å². The fourth-order valence-electron chi connectivity index (χ4n) is 3.48. The second-order valence-corrected chi connectivity index (χ2v) is 9.21. The minimum Gasteiger partial charge on any atom is -0.432 e. The van der Waals surface area contributed by atoms with Crippen molar-refractivity contribution < 1.29 is 31.1 Å². The molecule has 0 radical (unpaired) electrons. The first kappa shape index (κ1) is 20.7. The van der Waals surface area contributed by atoms with Gasteiger partial charge in [-0.1, -0.05) is 0 Å². The Hall–Kier alpha value is -2.01. The lowest BCUT2D eigenvalue weighted by atomic mass is 10.0. The third-order valence-corrected chi connectivity index (χ3v) is 6.65. The van der Waals surface area contributed by atoms with E-state index in [0.29, 0.717) is 32.4 Å². The summed E-state index contributed by atoms with van der Waals surface area (Å²) in [4.78, 5) is 13.9. The first-order valence-corrected chi connectivity index (χ1v) is 10.8. The molecule has 1 aromatic rings. The van der Waals surface area contributed by atoms with E-state index in [1.807, 2.05) is 0 Å². The van der Waals surface area contributed by atoms with Crippen LogP contribution in [-0.4, -0.2) is 62.6 Å². The number of nitrogens with zero attached hydrogens (tertiary/aromatic N) is 1. The van der Waals surface area contributed by atoms with Crippen molar-refractivity contribution in [3.8, 4) is 5.75 Å². The molecule has 1 atom stereocenters. The Kier molecular flexibility index (Phi) is 6.33. The summed E-state index contributed by atoms with van der Waals surface area (Å²) < 4.78 is 65.1. The Morgan fingerprint density at radius 1 is 1.18 bits per heavy atom. The summed E-state index contributed by atoms with van der Waals surface area (Å²) in [5, 5.41) is 5.89. The van der Waals surface area contributed by atoms with E-state index in [2.05, 4.69) is 15.4 Å². The van der Waals surface area contributed by atoms with E-state index in [9.17, 15) is 26.4 Å². The number of urea groups is 1. The van der Waals surface area contributed by atoms with E-state index >= 15 is 0 Å². The van der Waals surface area contributed by atoms with Crippen LogP contribution >= 0.6 is 0 Å². The fourth-order valence-corrected chi connectivity index (χ4v) is 5.17. The molecule has 2 heterocycles. The van der Waals surface area contributed by atoms with Gasteiger partial charge in [-0.05, 0) is 31.4 Å². The standard InChI is InChI=1S/C17H22F3N3O4S/c18-14-9-12(1-2-15(14)27-16(19)20)22-17(24)23-6-3-11(4-7-23)21-13-5-8-28(25,26)10-13/h1-2,9,11,13,16,21H,3-8,10H2,(H,22,24)/t13-/m1/s1. The van der Waals surface area contributed by atoms with Crippen LogP contribution < -0.4 is 15.4 Å². The normalized spacial score (nSPS) is 22.4. The first-order chi connectivity index (χ1) is 13.2. The highest BCUT2D eigenvalue weighted by atomic mass is 32.2. The number of anilines is 1. The first-order valence-electron chi connectivity index (χ1n) is 8.98. The molecule has 0 spiro atoms. The zero-order valence-corrected chi connectivity index (χ0v) is 15.9. The maximum atomic E-state index is 13.7. The van der Waals surface area contributed by atoms with E-state index in [1.54, 1.807) is 4.90 Å². The molecule has 2 saturated heterocycles. The van der Waals surface area contributed by atoms with Gasteiger partial charge in [0.2, 0.25) is 0 Å². The van der Waals surface area contributed by atoms with Crippen molar-refractivity contribution in [2.75, 3.05) is 29.9 Å². The lowest BCUT2D eigenvalue weighted by Crippen LogP contribution is -2.49. The lowest BCUT2D eigenvalue weighted by molar-refractivity contribution is -0.0521. The van der Waals surface area contributed by atoms with Gasteiger partial charge in [0, 0.05) is 36.9 Å². The zero-order valence-electron chi connectivity index (χ0n) is 15.0. The van der Waals surface area contributed by atoms with Gasteiger partial charge in [0.15, 0.2) is 21.4 Å². The van der Waals surface area contributed by atoms with Crippen molar-refractivity contribution in [3.05, 3.63) is 24.0 Å². The number of carbonyl (C=O) groups excluding carboxylic acids is 1. The van der Waals surface area contributed by atoms with Gasteiger partial charge in [-0.2, -0.15) is 8.78 Å². The van der Waals surface area contributed by atoms with Crippen molar-refractivity contribution >= 4 is 21.6 Å². The average molecular weight is 421 g/mol. The summed E-state index contributed by atoms with van der Waals surface area (Å²) in [6, 6.07) is 2.93. The molecular formula is C17H22F3N3O4S. The van der Waals surface area contributed by atoms with E-state index < -0.39 is 34.0 Å². The second kappa shape index (κ2) is 8.56. The van der Waals surface area contributed by atoms with Crippen LogP contribution in [0.1, 0.15) is 19.3 Å². The summed E-state index contributed by atoms with van der Waals surface area (Å²) in [5.74, 6) is -1.21. The number of halogens is 3. The van der Waals surface area contributed by atoms with Crippen LogP contribution in [0.25, 0.3) is 0 Å². The van der Waals surface area contributed by atoms with Gasteiger partial charge < -0.3 is 20.3 Å². The Labute approximate surface area is 161 Å². The molecule has 2 fully saturated rings. The van der Waals surface area contributed by atoms with Crippen LogP contribution in [0.2, 0.25) is 0 Å². The molecular weight excluding hydrogens is 399 g/mol. The molecule has 11 heteroatoms. The van der Waals surface area contributed by atoms with Crippen molar-refractivity contribution in [1.82, 2.24) is 10.2 Å². The van der Waals surface area contributed by atoms with E-state index in [0.717, 1.165) is 12.1 Å². The van der Waals surface area contributed by atoms with Gasteiger partial charge in [0.25, 0.3) is 0 Å². The number of rotatable bonds is 5. The molecule has 0 aliphatic carbocycles. The van der Waals surface area contributed by atoms with Crippen molar-refractivity contribution in [2.24, 2.45) is 0 Å². The number of hydrogen-bond donors (Lipinski definition) is 2. The summed E-state index contributed by atoms with van der Waals surface area (Å²) in [5.41, 5.74) is 0.139. The Morgan fingerprint density at radius 2 is 1.89 bits per heavy atom. The number of likely N-dealkylation sites (tertiary alicyclic amines) is 1. The molecule has 0 unspecified atom stereocenters. The number of piperidine rings is 1. The minimum absolute atomic E-state index is 0.0349. The Balaban J connectivity index is 1.47. The third kappa shape index (κ3) is 5.51. The van der Waals surface area contributed by atoms with E-state index in [1.165, 1.54) is 6.07 Å². The molecule has 7 nitrogen and oxygen atoms in total. The molecule has 0 aromatic heterocycles. The molecule has 1 aromatic carbocycles. The SMILES string of the molecule is O=C(Nc1ccc(OC(F)F)c(F)c1)N1CCC(N[C@@H]2CCS(=O)(=O)C2)CC1. The molecule has 0 saturated carbocycles. The highest BCUT2D eigenvalue weighted by molar-refractivity contribution is 7.91. The predicted octanol–water partition coefficient (Wildman–Crippen LogP) is 2.20. The summed E-state index contributed by atoms with van der Waals surface area (Å²) in [6.45, 7) is -2.19. The molecule has 2 N–H and O–H groups in total. The molecule has 2 amide bonds. The highest BCUT2D eigenvalue weighted by Crippen LogP contribution is 2.23. The number of nitrogens with one attached hydrogen (secondary N) is 2. The molecule has 28 heavy (non-hydrogen) atoms. The van der Waals surface area contributed by atoms with E-state index in [-0.39, 0.29) is 29.3 Å². The maximum Gasteiger partial charge on any atom is 0.387 e. The summed E-state index contributed by atoms with van der Waals surface area (Å²) in [6.07, 6.45) is 1.97. The lowest BCUT2D eigenvalue weighted by Gasteiger charge is -2.33. The maximum absolute atomic E-state index is 13.7. The number of sulfone groups is 1. The van der Waals surface area contributed by atoms with Gasteiger partial charge in [0.05, 0.1) is 11.5 Å². The quantitative estimate of drug-likeness (QED) is 0.761. The van der Waals surface area contributed by atoms with Gasteiger partial charge in [-0.25, -0.2) is 17.6 Å². The highest BCUT2D eigenvalue weighted by Gasteiger charge is 2.31. The molecule has 3 rings (SSSR count). The zero-order chi connectivity index (χ0) is 20.3. The Morgan fingerprint density at radius 3 is 2.46 bits per heavy atom. The smallest absolute Gasteiger partial charge is 0.387 e. The number of hydrogen-bond acceptors (Lipinski definition) is 5. The predicted molar refractivity (Wildman–Crippen MR) is 96.8 cm³/mol. The number of amides is 2. The number of benzene rings is 1. The van der Waals surface area contributed by atoms with Crippen LogP contribution in [0.15, 0.2) is 18.2 Å². The average Bonchev–Trinajstić information content (AvgIpc) is 2.96. The van der Waals surface area contributed by atoms with Gasteiger partial charge in [-0.3, -0.25) is 0 Å². The topological polar surface area (TPSA) is 87.7 Å². The third-order valence-electron chi connectivity index (χ3n) is 4.89. The number of alkyl halides is 2. The summed E-state index contributed by atoms with van der Waals surface area (Å²) >= 11 is 0. The van der Waals surface area contributed by atoms with Crippen molar-refractivity contribution in [2.45, 2.75) is 38.0 Å². The molecule has 156 valence electrons. The molecule has 2 aliphatic heterocycles. The number of carbonyl (C=O) groups is 1. The molecule has 0 bridgehead atoms. The second-order valence-electron chi connectivity index (χ2n) is 6.98. The summed E-state index contributed by atoms with van der Waals surface area (Å²) in [7, 11) is -2.94. The van der Waals surface area contributed by atoms with Crippen molar-refractivity contribution in [1.29, 1.82) is 0 Å². The van der Waals surface area contributed by atoms with Crippen LogP contribution in [0.5, 0.6) is 5.75 Å². The molecule has 2 aliphatic rings.